The number of H-pyrrole nitrogens is 1. The number of benzene rings is 2. The summed E-state index contributed by atoms with van der Waals surface area (Å²) in [5.74, 6) is 1.65. The minimum atomic E-state index is 0.121. The largest absolute Gasteiger partial charge is 0.457 e. The number of amides is 1. The van der Waals surface area contributed by atoms with E-state index in [0.29, 0.717) is 13.0 Å². The fraction of sp³-hybridized carbons (Fsp3) is 0.190. The Morgan fingerprint density at radius 1 is 1.11 bits per heavy atom. The van der Waals surface area contributed by atoms with Crippen molar-refractivity contribution in [2.45, 2.75) is 25.4 Å². The standard InChI is InChI=1S/C21H19N5O2/c27-21-8-3-16(24-21)13-26-20-7-6-18(11-15(20)12-23-26)28-17-4-1-14(2-5-17)19-9-10-22-25-19/h1-2,4-7,9-12,16H,3,8,13H2,(H,22,25)(H,24,27). The van der Waals surface area contributed by atoms with Crippen LogP contribution in [-0.4, -0.2) is 31.9 Å². The van der Waals surface area contributed by atoms with Crippen molar-refractivity contribution >= 4 is 16.8 Å². The summed E-state index contributed by atoms with van der Waals surface area (Å²) >= 11 is 0. The Labute approximate surface area is 161 Å². The molecule has 1 aliphatic heterocycles. The average molecular weight is 373 g/mol. The van der Waals surface area contributed by atoms with E-state index < -0.39 is 0 Å². The van der Waals surface area contributed by atoms with Crippen LogP contribution in [0.4, 0.5) is 0 Å². The molecule has 1 amide bonds. The molecule has 0 spiro atoms. The van der Waals surface area contributed by atoms with Gasteiger partial charge in [-0.05, 0) is 60.5 Å². The van der Waals surface area contributed by atoms with Crippen LogP contribution in [0.25, 0.3) is 22.2 Å². The number of rotatable bonds is 5. The van der Waals surface area contributed by atoms with Gasteiger partial charge in [0.2, 0.25) is 5.91 Å². The second-order valence-electron chi connectivity index (χ2n) is 6.95. The second kappa shape index (κ2) is 6.84. The highest BCUT2D eigenvalue weighted by atomic mass is 16.5. The Morgan fingerprint density at radius 2 is 1.96 bits per heavy atom. The van der Waals surface area contributed by atoms with Gasteiger partial charge in [0.05, 0.1) is 24.0 Å². The zero-order valence-electron chi connectivity index (χ0n) is 15.1. The van der Waals surface area contributed by atoms with Crippen molar-refractivity contribution in [3.05, 3.63) is 60.9 Å². The van der Waals surface area contributed by atoms with Crippen LogP contribution in [0.1, 0.15) is 12.8 Å². The molecule has 0 bridgehead atoms. The van der Waals surface area contributed by atoms with Crippen LogP contribution in [0.5, 0.6) is 11.5 Å². The van der Waals surface area contributed by atoms with E-state index in [9.17, 15) is 4.79 Å². The lowest BCUT2D eigenvalue weighted by atomic mass is 10.1. The third-order valence-corrected chi connectivity index (χ3v) is 4.99. The quantitative estimate of drug-likeness (QED) is 0.561. The molecule has 28 heavy (non-hydrogen) atoms. The van der Waals surface area contributed by atoms with Crippen LogP contribution in [0, 0.1) is 0 Å². The number of hydrogen-bond donors (Lipinski definition) is 2. The molecule has 1 saturated heterocycles. The van der Waals surface area contributed by atoms with Crippen molar-refractivity contribution < 1.29 is 9.53 Å². The number of nitrogens with one attached hydrogen (secondary N) is 2. The van der Waals surface area contributed by atoms with E-state index >= 15 is 0 Å². The van der Waals surface area contributed by atoms with E-state index in [1.165, 1.54) is 0 Å². The molecule has 5 rings (SSSR count). The van der Waals surface area contributed by atoms with Gasteiger partial charge in [-0.1, -0.05) is 0 Å². The second-order valence-corrected chi connectivity index (χ2v) is 6.95. The van der Waals surface area contributed by atoms with Gasteiger partial charge in [0.25, 0.3) is 0 Å². The minimum absolute atomic E-state index is 0.121. The molecule has 3 heterocycles. The van der Waals surface area contributed by atoms with Gasteiger partial charge in [-0.3, -0.25) is 14.6 Å². The molecular weight excluding hydrogens is 354 g/mol. The van der Waals surface area contributed by atoms with Crippen LogP contribution < -0.4 is 10.1 Å². The summed E-state index contributed by atoms with van der Waals surface area (Å²) in [5.41, 5.74) is 3.06. The number of nitrogens with zero attached hydrogens (tertiary/aromatic N) is 3. The first-order valence-electron chi connectivity index (χ1n) is 9.27. The first-order valence-corrected chi connectivity index (χ1v) is 9.27. The van der Waals surface area contributed by atoms with E-state index in [2.05, 4.69) is 20.6 Å². The Hall–Kier alpha value is -3.61. The van der Waals surface area contributed by atoms with Gasteiger partial charge in [-0.2, -0.15) is 10.2 Å². The van der Waals surface area contributed by atoms with Crippen LogP contribution in [0.15, 0.2) is 60.9 Å². The summed E-state index contributed by atoms with van der Waals surface area (Å²) in [6, 6.07) is 15.9. The summed E-state index contributed by atoms with van der Waals surface area (Å²) in [6.07, 6.45) is 5.02. The molecule has 2 aromatic carbocycles. The van der Waals surface area contributed by atoms with Gasteiger partial charge in [0, 0.05) is 24.0 Å². The third-order valence-electron chi connectivity index (χ3n) is 4.99. The lowest BCUT2D eigenvalue weighted by Gasteiger charge is -2.11. The molecule has 1 fully saturated rings. The molecule has 0 radical (unpaired) electrons. The van der Waals surface area contributed by atoms with E-state index in [0.717, 1.165) is 40.1 Å². The highest BCUT2D eigenvalue weighted by Gasteiger charge is 2.21. The first kappa shape index (κ1) is 16.6. The van der Waals surface area contributed by atoms with Crippen molar-refractivity contribution in [3.8, 4) is 22.8 Å². The van der Waals surface area contributed by atoms with E-state index in [1.807, 2.05) is 59.4 Å². The van der Waals surface area contributed by atoms with Crippen molar-refractivity contribution in [1.82, 2.24) is 25.3 Å². The number of carbonyl (C=O) groups is 1. The highest BCUT2D eigenvalue weighted by Crippen LogP contribution is 2.28. The molecule has 1 atom stereocenters. The lowest BCUT2D eigenvalue weighted by molar-refractivity contribution is -0.119. The topological polar surface area (TPSA) is 84.8 Å². The summed E-state index contributed by atoms with van der Waals surface area (Å²) in [7, 11) is 0. The SMILES string of the molecule is O=C1CCC(Cn2ncc3cc(Oc4ccc(-c5ccn[nH]5)cc4)ccc32)N1. The normalized spacial score (nSPS) is 16.4. The Kier molecular flexibility index (Phi) is 4.05. The fourth-order valence-corrected chi connectivity index (χ4v) is 3.55. The summed E-state index contributed by atoms with van der Waals surface area (Å²) in [6.45, 7) is 0.685. The Morgan fingerprint density at radius 3 is 2.71 bits per heavy atom. The Bertz CT molecular complexity index is 1120. The van der Waals surface area contributed by atoms with Gasteiger partial charge < -0.3 is 10.1 Å². The zero-order valence-corrected chi connectivity index (χ0v) is 15.1. The van der Waals surface area contributed by atoms with Gasteiger partial charge in [0.1, 0.15) is 11.5 Å². The van der Waals surface area contributed by atoms with Gasteiger partial charge >= 0.3 is 0 Å². The maximum atomic E-state index is 11.4. The Balaban J connectivity index is 1.32. The molecule has 0 aliphatic carbocycles. The van der Waals surface area contributed by atoms with E-state index in [4.69, 9.17) is 4.74 Å². The summed E-state index contributed by atoms with van der Waals surface area (Å²) in [5, 5.41) is 15.4. The van der Waals surface area contributed by atoms with Crippen LogP contribution in [-0.2, 0) is 11.3 Å². The lowest BCUT2D eigenvalue weighted by Crippen LogP contribution is -2.29. The van der Waals surface area contributed by atoms with E-state index in [1.54, 1.807) is 6.20 Å². The minimum Gasteiger partial charge on any atom is -0.457 e. The van der Waals surface area contributed by atoms with Gasteiger partial charge in [-0.25, -0.2) is 0 Å². The van der Waals surface area contributed by atoms with Crippen LogP contribution in [0.3, 0.4) is 0 Å². The maximum Gasteiger partial charge on any atom is 0.220 e. The molecule has 1 unspecified atom stereocenters. The number of aromatic amines is 1. The van der Waals surface area contributed by atoms with Gasteiger partial charge in [-0.15, -0.1) is 0 Å². The number of hydrogen-bond acceptors (Lipinski definition) is 4. The average Bonchev–Trinajstić information content (AvgIpc) is 3.45. The predicted molar refractivity (Wildman–Crippen MR) is 105 cm³/mol. The zero-order chi connectivity index (χ0) is 18.9. The van der Waals surface area contributed by atoms with E-state index in [-0.39, 0.29) is 11.9 Å². The van der Waals surface area contributed by atoms with Crippen molar-refractivity contribution in [2.24, 2.45) is 0 Å². The van der Waals surface area contributed by atoms with Crippen LogP contribution >= 0.6 is 0 Å². The smallest absolute Gasteiger partial charge is 0.220 e. The summed E-state index contributed by atoms with van der Waals surface area (Å²) < 4.78 is 7.93. The molecule has 2 aromatic heterocycles. The van der Waals surface area contributed by atoms with Crippen molar-refractivity contribution in [1.29, 1.82) is 0 Å². The number of fused-ring (bicyclic) bond motifs is 1. The highest BCUT2D eigenvalue weighted by molar-refractivity contribution is 5.81. The first-order chi connectivity index (χ1) is 13.7. The maximum absolute atomic E-state index is 11.4. The molecular formula is C21H19N5O2. The number of ether oxygens (including phenoxy) is 1. The predicted octanol–water partition coefficient (Wildman–Crippen LogP) is 3.50. The number of aromatic nitrogens is 4. The van der Waals surface area contributed by atoms with Crippen LogP contribution in [0.2, 0.25) is 0 Å². The van der Waals surface area contributed by atoms with Gasteiger partial charge in [0.15, 0.2) is 0 Å². The molecule has 7 heteroatoms. The molecule has 7 nitrogen and oxygen atoms in total. The number of carbonyl (C=O) groups excluding carboxylic acids is 1. The summed E-state index contributed by atoms with van der Waals surface area (Å²) in [4.78, 5) is 11.4. The third kappa shape index (κ3) is 3.22. The molecule has 2 N–H and O–H groups in total. The molecule has 0 saturated carbocycles. The van der Waals surface area contributed by atoms with Crippen molar-refractivity contribution in [2.75, 3.05) is 0 Å². The monoisotopic (exact) mass is 373 g/mol. The fourth-order valence-electron chi connectivity index (χ4n) is 3.55. The van der Waals surface area contributed by atoms with Crippen molar-refractivity contribution in [3.63, 3.8) is 0 Å². The molecule has 1 aliphatic rings. The molecule has 140 valence electrons. The molecule has 4 aromatic rings.